The summed E-state index contributed by atoms with van der Waals surface area (Å²) in [7, 11) is 0. The van der Waals surface area contributed by atoms with E-state index in [4.69, 9.17) is 0 Å². The highest BCUT2D eigenvalue weighted by molar-refractivity contribution is 5.21. The molecule has 0 aliphatic carbocycles. The molecule has 3 heteroatoms. The summed E-state index contributed by atoms with van der Waals surface area (Å²) in [6.45, 7) is 1.85. The van der Waals surface area contributed by atoms with Crippen molar-refractivity contribution in [2.75, 3.05) is 0 Å². The Bertz CT molecular complexity index is 266. The van der Waals surface area contributed by atoms with Crippen molar-refractivity contribution >= 4 is 0 Å². The zero-order valence-corrected chi connectivity index (χ0v) is 7.43. The Hall–Kier alpha value is -0.960. The van der Waals surface area contributed by atoms with Gasteiger partial charge in [-0.25, -0.2) is 8.78 Å². The molecule has 1 atom stereocenters. The lowest BCUT2D eigenvalue weighted by atomic mass is 10.0. The van der Waals surface area contributed by atoms with Gasteiger partial charge in [-0.05, 0) is 18.6 Å². The van der Waals surface area contributed by atoms with Gasteiger partial charge in [0.2, 0.25) is 0 Å². The first-order chi connectivity index (χ1) is 6.16. The summed E-state index contributed by atoms with van der Waals surface area (Å²) < 4.78 is 26.0. The van der Waals surface area contributed by atoms with Crippen molar-refractivity contribution in [1.29, 1.82) is 0 Å². The lowest BCUT2D eigenvalue weighted by Gasteiger charge is -2.11. The SMILES string of the molecule is CCC[C@@H](O)c1c(F)cccc1F. The molecule has 0 heterocycles. The Labute approximate surface area is 76.0 Å². The number of rotatable bonds is 3. The molecule has 0 aromatic heterocycles. The van der Waals surface area contributed by atoms with Gasteiger partial charge in [-0.1, -0.05) is 19.4 Å². The quantitative estimate of drug-likeness (QED) is 0.769. The van der Waals surface area contributed by atoms with E-state index in [1.165, 1.54) is 6.07 Å². The summed E-state index contributed by atoms with van der Waals surface area (Å²) in [5.41, 5.74) is -0.218. The first-order valence-corrected chi connectivity index (χ1v) is 4.28. The monoisotopic (exact) mass is 186 g/mol. The molecular weight excluding hydrogens is 174 g/mol. The molecule has 72 valence electrons. The predicted molar refractivity (Wildman–Crippen MR) is 46.2 cm³/mol. The van der Waals surface area contributed by atoms with Crippen molar-refractivity contribution in [3.8, 4) is 0 Å². The maximum absolute atomic E-state index is 13.0. The molecule has 0 radical (unpaired) electrons. The first-order valence-electron chi connectivity index (χ1n) is 4.28. The fourth-order valence-corrected chi connectivity index (χ4v) is 1.25. The number of hydrogen-bond acceptors (Lipinski definition) is 1. The maximum Gasteiger partial charge on any atom is 0.131 e. The minimum Gasteiger partial charge on any atom is -0.388 e. The summed E-state index contributed by atoms with van der Waals surface area (Å²) >= 11 is 0. The summed E-state index contributed by atoms with van der Waals surface area (Å²) in [6.07, 6.45) is 0.0264. The van der Waals surface area contributed by atoms with E-state index in [1.807, 2.05) is 6.92 Å². The molecular formula is C10H12F2O. The van der Waals surface area contributed by atoms with Crippen LogP contribution in [-0.2, 0) is 0 Å². The normalized spacial score (nSPS) is 12.9. The van der Waals surface area contributed by atoms with Crippen LogP contribution in [0.15, 0.2) is 18.2 Å². The van der Waals surface area contributed by atoms with E-state index >= 15 is 0 Å². The molecule has 0 saturated carbocycles. The van der Waals surface area contributed by atoms with E-state index in [-0.39, 0.29) is 5.56 Å². The van der Waals surface area contributed by atoms with Crippen molar-refractivity contribution in [2.45, 2.75) is 25.9 Å². The summed E-state index contributed by atoms with van der Waals surface area (Å²) in [4.78, 5) is 0. The van der Waals surface area contributed by atoms with Gasteiger partial charge in [-0.15, -0.1) is 0 Å². The van der Waals surface area contributed by atoms with Crippen LogP contribution in [0.4, 0.5) is 8.78 Å². The van der Waals surface area contributed by atoms with E-state index < -0.39 is 17.7 Å². The largest absolute Gasteiger partial charge is 0.388 e. The highest BCUT2D eigenvalue weighted by atomic mass is 19.1. The van der Waals surface area contributed by atoms with Crippen LogP contribution in [0.2, 0.25) is 0 Å². The second kappa shape index (κ2) is 4.33. The smallest absolute Gasteiger partial charge is 0.131 e. The van der Waals surface area contributed by atoms with Gasteiger partial charge in [-0.2, -0.15) is 0 Å². The summed E-state index contributed by atoms with van der Waals surface area (Å²) in [5, 5.41) is 9.40. The second-order valence-electron chi connectivity index (χ2n) is 2.94. The van der Waals surface area contributed by atoms with Crippen LogP contribution in [0.5, 0.6) is 0 Å². The average Bonchev–Trinajstić information content (AvgIpc) is 2.04. The number of hydrogen-bond donors (Lipinski definition) is 1. The van der Waals surface area contributed by atoms with Crippen LogP contribution >= 0.6 is 0 Å². The second-order valence-corrected chi connectivity index (χ2v) is 2.94. The Morgan fingerprint density at radius 3 is 2.31 bits per heavy atom. The summed E-state index contributed by atoms with van der Waals surface area (Å²) in [6, 6.07) is 3.58. The molecule has 0 aliphatic rings. The van der Waals surface area contributed by atoms with Crippen LogP contribution in [0.25, 0.3) is 0 Å². The van der Waals surface area contributed by atoms with E-state index in [0.29, 0.717) is 12.8 Å². The van der Waals surface area contributed by atoms with Gasteiger partial charge >= 0.3 is 0 Å². The molecule has 0 aliphatic heterocycles. The molecule has 0 amide bonds. The van der Waals surface area contributed by atoms with Gasteiger partial charge in [0.05, 0.1) is 11.7 Å². The maximum atomic E-state index is 13.0. The number of halogens is 2. The Morgan fingerprint density at radius 1 is 1.31 bits per heavy atom. The molecule has 0 bridgehead atoms. The molecule has 1 aromatic carbocycles. The first kappa shape index (κ1) is 10.1. The fraction of sp³-hybridized carbons (Fsp3) is 0.400. The molecule has 1 nitrogen and oxygen atoms in total. The molecule has 0 unspecified atom stereocenters. The van der Waals surface area contributed by atoms with E-state index in [9.17, 15) is 13.9 Å². The van der Waals surface area contributed by atoms with Crippen molar-refractivity contribution < 1.29 is 13.9 Å². The van der Waals surface area contributed by atoms with Crippen molar-refractivity contribution in [2.24, 2.45) is 0 Å². The Morgan fingerprint density at radius 2 is 1.85 bits per heavy atom. The lowest BCUT2D eigenvalue weighted by Crippen LogP contribution is -2.03. The van der Waals surface area contributed by atoms with Gasteiger partial charge in [0, 0.05) is 0 Å². The zero-order valence-electron chi connectivity index (χ0n) is 7.43. The lowest BCUT2D eigenvalue weighted by molar-refractivity contribution is 0.157. The van der Waals surface area contributed by atoms with Gasteiger partial charge in [0.1, 0.15) is 11.6 Å². The van der Waals surface area contributed by atoms with Gasteiger partial charge in [0.15, 0.2) is 0 Å². The number of aliphatic hydroxyl groups is 1. The molecule has 0 saturated heterocycles. The molecule has 13 heavy (non-hydrogen) atoms. The highest BCUT2D eigenvalue weighted by Crippen LogP contribution is 2.23. The van der Waals surface area contributed by atoms with Crippen molar-refractivity contribution in [3.05, 3.63) is 35.4 Å². The average molecular weight is 186 g/mol. The van der Waals surface area contributed by atoms with E-state index in [1.54, 1.807) is 0 Å². The van der Waals surface area contributed by atoms with Crippen molar-refractivity contribution in [1.82, 2.24) is 0 Å². The molecule has 1 rings (SSSR count). The Balaban J connectivity index is 2.98. The minimum absolute atomic E-state index is 0.218. The molecule has 0 spiro atoms. The summed E-state index contributed by atoms with van der Waals surface area (Å²) in [5.74, 6) is -1.36. The molecule has 0 fully saturated rings. The van der Waals surface area contributed by atoms with Crippen molar-refractivity contribution in [3.63, 3.8) is 0 Å². The third-order valence-electron chi connectivity index (χ3n) is 1.90. The number of benzene rings is 1. The highest BCUT2D eigenvalue weighted by Gasteiger charge is 2.16. The van der Waals surface area contributed by atoms with Crippen LogP contribution in [-0.4, -0.2) is 5.11 Å². The Kier molecular flexibility index (Phi) is 3.37. The van der Waals surface area contributed by atoms with Crippen LogP contribution in [0, 0.1) is 11.6 Å². The van der Waals surface area contributed by atoms with Crippen LogP contribution < -0.4 is 0 Å². The third-order valence-corrected chi connectivity index (χ3v) is 1.90. The van der Waals surface area contributed by atoms with Gasteiger partial charge < -0.3 is 5.11 Å². The fourth-order valence-electron chi connectivity index (χ4n) is 1.25. The van der Waals surface area contributed by atoms with Gasteiger partial charge in [0.25, 0.3) is 0 Å². The van der Waals surface area contributed by atoms with Gasteiger partial charge in [-0.3, -0.25) is 0 Å². The number of aliphatic hydroxyl groups excluding tert-OH is 1. The molecule has 1 N–H and O–H groups in total. The minimum atomic E-state index is -1.04. The zero-order chi connectivity index (χ0) is 9.84. The third kappa shape index (κ3) is 2.25. The van der Waals surface area contributed by atoms with Crippen LogP contribution in [0.1, 0.15) is 31.4 Å². The van der Waals surface area contributed by atoms with E-state index in [2.05, 4.69) is 0 Å². The van der Waals surface area contributed by atoms with Crippen LogP contribution in [0.3, 0.4) is 0 Å². The molecule has 1 aromatic rings. The topological polar surface area (TPSA) is 20.2 Å². The standard InChI is InChI=1S/C10H12F2O/c1-2-4-9(13)10-7(11)5-3-6-8(10)12/h3,5-6,9,13H,2,4H2,1H3/t9-/m1/s1. The predicted octanol–water partition coefficient (Wildman–Crippen LogP) is 2.80. The van der Waals surface area contributed by atoms with E-state index in [0.717, 1.165) is 12.1 Å².